The van der Waals surface area contributed by atoms with Crippen LogP contribution in [0.15, 0.2) is 68.3 Å². The fourth-order valence-corrected chi connectivity index (χ4v) is 3.69. The van der Waals surface area contributed by atoms with Crippen molar-refractivity contribution in [3.63, 3.8) is 0 Å². The molecular formula is C22H16N2O4. The number of rotatable bonds is 2. The first-order valence-electron chi connectivity index (χ1n) is 8.94. The smallest absolute Gasteiger partial charge is 0.296 e. The van der Waals surface area contributed by atoms with Crippen LogP contribution in [0, 0.1) is 13.8 Å². The molecular weight excluding hydrogens is 356 g/mol. The van der Waals surface area contributed by atoms with Crippen molar-refractivity contribution in [2.45, 2.75) is 19.9 Å². The second kappa shape index (κ2) is 5.92. The lowest BCUT2D eigenvalue weighted by atomic mass is 9.98. The molecule has 2 aromatic carbocycles. The number of aryl methyl sites for hydroxylation is 2. The van der Waals surface area contributed by atoms with Crippen LogP contribution in [0.5, 0.6) is 0 Å². The first-order valence-corrected chi connectivity index (χ1v) is 8.94. The van der Waals surface area contributed by atoms with Gasteiger partial charge in [0.05, 0.1) is 17.0 Å². The molecule has 1 amide bonds. The zero-order valence-electron chi connectivity index (χ0n) is 15.3. The number of amides is 1. The number of hydrogen-bond donors (Lipinski definition) is 0. The molecule has 0 aliphatic carbocycles. The molecule has 0 saturated heterocycles. The molecule has 0 radical (unpaired) electrons. The molecule has 1 atom stereocenters. The van der Waals surface area contributed by atoms with Crippen molar-refractivity contribution in [2.24, 2.45) is 0 Å². The summed E-state index contributed by atoms with van der Waals surface area (Å²) in [6, 6.07) is 15.7. The Morgan fingerprint density at radius 3 is 2.46 bits per heavy atom. The third-order valence-corrected chi connectivity index (χ3v) is 5.03. The number of hydrogen-bond acceptors (Lipinski definition) is 5. The van der Waals surface area contributed by atoms with E-state index < -0.39 is 11.9 Å². The molecule has 0 saturated carbocycles. The Morgan fingerprint density at radius 1 is 1.00 bits per heavy atom. The van der Waals surface area contributed by atoms with Gasteiger partial charge >= 0.3 is 0 Å². The lowest BCUT2D eigenvalue weighted by molar-refractivity contribution is 0.0969. The van der Waals surface area contributed by atoms with Crippen molar-refractivity contribution >= 4 is 22.7 Å². The Bertz CT molecular complexity index is 1280. The summed E-state index contributed by atoms with van der Waals surface area (Å²) in [6.07, 6.45) is 0. The molecule has 4 aromatic rings. The minimum absolute atomic E-state index is 0.0509. The minimum Gasteiger partial charge on any atom is -0.450 e. The van der Waals surface area contributed by atoms with Gasteiger partial charge in [0.2, 0.25) is 5.76 Å². The monoisotopic (exact) mass is 372 g/mol. The highest BCUT2D eigenvalue weighted by Crippen LogP contribution is 2.40. The summed E-state index contributed by atoms with van der Waals surface area (Å²) in [5, 5.41) is 4.46. The lowest BCUT2D eigenvalue weighted by Gasteiger charge is -2.22. The van der Waals surface area contributed by atoms with Crippen molar-refractivity contribution in [1.82, 2.24) is 5.16 Å². The lowest BCUT2D eigenvalue weighted by Crippen LogP contribution is -2.29. The quantitative estimate of drug-likeness (QED) is 0.528. The summed E-state index contributed by atoms with van der Waals surface area (Å²) in [4.78, 5) is 28.0. The van der Waals surface area contributed by atoms with Crippen LogP contribution in [-0.2, 0) is 0 Å². The van der Waals surface area contributed by atoms with Gasteiger partial charge in [-0.2, -0.15) is 0 Å². The Kier molecular flexibility index (Phi) is 3.49. The molecule has 1 aliphatic heterocycles. The van der Waals surface area contributed by atoms with Gasteiger partial charge in [-0.15, -0.1) is 0 Å². The van der Waals surface area contributed by atoms with Crippen LogP contribution in [0.4, 0.5) is 5.82 Å². The number of aromatic nitrogens is 1. The fourth-order valence-electron chi connectivity index (χ4n) is 3.69. The zero-order valence-corrected chi connectivity index (χ0v) is 15.3. The molecule has 5 rings (SSSR count). The molecule has 138 valence electrons. The summed E-state index contributed by atoms with van der Waals surface area (Å²) in [5.74, 6) is 0.570. The Labute approximate surface area is 160 Å². The number of anilines is 1. The van der Waals surface area contributed by atoms with Crippen molar-refractivity contribution in [3.8, 4) is 0 Å². The average Bonchev–Trinajstić information content (AvgIpc) is 3.24. The van der Waals surface area contributed by atoms with Crippen molar-refractivity contribution in [3.05, 3.63) is 93.0 Å². The first-order chi connectivity index (χ1) is 13.5. The zero-order chi connectivity index (χ0) is 19.4. The van der Waals surface area contributed by atoms with Crippen LogP contribution in [0.25, 0.3) is 11.0 Å². The third-order valence-electron chi connectivity index (χ3n) is 5.03. The predicted octanol–water partition coefficient (Wildman–Crippen LogP) is 4.15. The molecule has 6 nitrogen and oxygen atoms in total. The molecule has 0 N–H and O–H groups in total. The number of benzene rings is 2. The van der Waals surface area contributed by atoms with E-state index in [1.54, 1.807) is 37.3 Å². The van der Waals surface area contributed by atoms with E-state index in [1.165, 1.54) is 4.90 Å². The summed E-state index contributed by atoms with van der Waals surface area (Å²) in [5.41, 5.74) is 2.40. The van der Waals surface area contributed by atoms with E-state index in [0.29, 0.717) is 28.1 Å². The van der Waals surface area contributed by atoms with Gasteiger partial charge in [-0.3, -0.25) is 14.5 Å². The molecule has 0 bridgehead atoms. The molecule has 0 unspecified atom stereocenters. The van der Waals surface area contributed by atoms with Crippen LogP contribution < -0.4 is 10.3 Å². The Balaban J connectivity index is 1.82. The molecule has 1 aliphatic rings. The van der Waals surface area contributed by atoms with Gasteiger partial charge in [0.1, 0.15) is 11.3 Å². The van der Waals surface area contributed by atoms with Crippen molar-refractivity contribution in [1.29, 1.82) is 0 Å². The van der Waals surface area contributed by atoms with Crippen LogP contribution in [0.2, 0.25) is 0 Å². The maximum absolute atomic E-state index is 13.3. The maximum atomic E-state index is 13.3. The number of para-hydroxylation sites is 1. The second-order valence-corrected chi connectivity index (χ2v) is 6.95. The van der Waals surface area contributed by atoms with Gasteiger partial charge in [-0.25, -0.2) is 0 Å². The molecule has 2 aromatic heterocycles. The average molecular weight is 372 g/mol. The summed E-state index contributed by atoms with van der Waals surface area (Å²) in [6.45, 7) is 3.74. The highest BCUT2D eigenvalue weighted by Gasteiger charge is 2.44. The fraction of sp³-hybridized carbons (Fsp3) is 0.136. The SMILES string of the molecule is Cc1ccc([C@H]2c3c(oc4ccccc4c3=O)C(=O)N2c2cc(C)on2)cc1. The topological polar surface area (TPSA) is 76.6 Å². The number of nitrogens with zero attached hydrogens (tertiary/aromatic N) is 2. The van der Waals surface area contributed by atoms with E-state index in [1.807, 2.05) is 31.2 Å². The second-order valence-electron chi connectivity index (χ2n) is 6.95. The van der Waals surface area contributed by atoms with Crippen molar-refractivity contribution in [2.75, 3.05) is 4.90 Å². The normalized spacial score (nSPS) is 16.0. The van der Waals surface area contributed by atoms with Crippen LogP contribution in [0.1, 0.15) is 39.0 Å². The van der Waals surface area contributed by atoms with Gasteiger partial charge in [-0.05, 0) is 31.5 Å². The van der Waals surface area contributed by atoms with Crippen LogP contribution >= 0.6 is 0 Å². The van der Waals surface area contributed by atoms with Crippen LogP contribution in [-0.4, -0.2) is 11.1 Å². The molecule has 0 fully saturated rings. The minimum atomic E-state index is -0.631. The highest BCUT2D eigenvalue weighted by atomic mass is 16.5. The maximum Gasteiger partial charge on any atom is 0.296 e. The number of carbonyl (C=O) groups excluding carboxylic acids is 1. The Hall–Kier alpha value is -3.67. The molecule has 28 heavy (non-hydrogen) atoms. The third kappa shape index (κ3) is 2.31. The van der Waals surface area contributed by atoms with E-state index in [-0.39, 0.29) is 11.2 Å². The van der Waals surface area contributed by atoms with Gasteiger partial charge in [0.15, 0.2) is 11.2 Å². The van der Waals surface area contributed by atoms with E-state index in [2.05, 4.69) is 5.16 Å². The highest BCUT2D eigenvalue weighted by molar-refractivity contribution is 6.10. The first kappa shape index (κ1) is 16.5. The predicted molar refractivity (Wildman–Crippen MR) is 104 cm³/mol. The van der Waals surface area contributed by atoms with Gasteiger partial charge < -0.3 is 8.94 Å². The van der Waals surface area contributed by atoms with E-state index in [4.69, 9.17) is 8.94 Å². The van der Waals surface area contributed by atoms with E-state index in [9.17, 15) is 9.59 Å². The molecule has 3 heterocycles. The van der Waals surface area contributed by atoms with Crippen molar-refractivity contribution < 1.29 is 13.7 Å². The Morgan fingerprint density at radius 2 is 1.75 bits per heavy atom. The number of fused-ring (bicyclic) bond motifs is 2. The standard InChI is InChI=1S/C22H16N2O4/c1-12-7-9-14(10-8-12)19-18-20(25)15-5-3-4-6-16(15)27-21(18)22(26)24(19)17-11-13(2)28-23-17/h3-11,19H,1-2H3/t19-/m0/s1. The molecule has 0 spiro atoms. The number of carbonyl (C=O) groups is 1. The largest absolute Gasteiger partial charge is 0.450 e. The summed E-state index contributed by atoms with van der Waals surface area (Å²) < 4.78 is 11.1. The van der Waals surface area contributed by atoms with Crippen LogP contribution in [0.3, 0.4) is 0 Å². The van der Waals surface area contributed by atoms with E-state index in [0.717, 1.165) is 11.1 Å². The van der Waals surface area contributed by atoms with Gasteiger partial charge in [-0.1, -0.05) is 47.1 Å². The summed E-state index contributed by atoms with van der Waals surface area (Å²) >= 11 is 0. The molecule has 6 heteroatoms. The van der Waals surface area contributed by atoms with Gasteiger partial charge in [0.25, 0.3) is 5.91 Å². The summed E-state index contributed by atoms with van der Waals surface area (Å²) in [7, 11) is 0. The van der Waals surface area contributed by atoms with E-state index >= 15 is 0 Å². The van der Waals surface area contributed by atoms with Gasteiger partial charge in [0, 0.05) is 6.07 Å².